The number of aliphatic hydroxyl groups excluding tert-OH is 1. The van der Waals surface area contributed by atoms with Crippen molar-refractivity contribution in [2.75, 3.05) is 19.7 Å². The van der Waals surface area contributed by atoms with E-state index in [0.29, 0.717) is 30.5 Å². The topological polar surface area (TPSA) is 66.6 Å². The van der Waals surface area contributed by atoms with Crippen molar-refractivity contribution in [2.24, 2.45) is 5.92 Å². The normalized spacial score (nSPS) is 16.6. The summed E-state index contributed by atoms with van der Waals surface area (Å²) in [6, 6.07) is 3.64. The number of hydrogen-bond acceptors (Lipinski definition) is 5. The zero-order valence-electron chi connectivity index (χ0n) is 11.0. The van der Waals surface area contributed by atoms with Gasteiger partial charge in [0.05, 0.1) is 6.26 Å². The number of hydrogen-bond donors (Lipinski definition) is 1. The fraction of sp³-hybridized carbons (Fsp3) is 0.429. The van der Waals surface area contributed by atoms with Gasteiger partial charge in [-0.05, 0) is 30.9 Å². The van der Waals surface area contributed by atoms with E-state index in [1.807, 2.05) is 11.0 Å². The van der Waals surface area contributed by atoms with Crippen molar-refractivity contribution in [1.29, 1.82) is 0 Å². The molecule has 5 nitrogen and oxygen atoms in total. The Morgan fingerprint density at radius 1 is 1.50 bits per heavy atom. The minimum atomic E-state index is -0.0320. The molecule has 0 unspecified atom stereocenters. The van der Waals surface area contributed by atoms with Crippen LogP contribution in [-0.2, 0) is 0 Å². The highest BCUT2D eigenvalue weighted by Gasteiger charge is 2.25. The number of amides is 1. The Labute approximate surface area is 120 Å². The van der Waals surface area contributed by atoms with Gasteiger partial charge in [-0.2, -0.15) is 0 Å². The molecule has 1 amide bonds. The van der Waals surface area contributed by atoms with E-state index in [1.54, 1.807) is 17.7 Å². The second-order valence-corrected chi connectivity index (χ2v) is 5.79. The highest BCUT2D eigenvalue weighted by Crippen LogP contribution is 2.25. The molecule has 0 aromatic carbocycles. The monoisotopic (exact) mass is 292 g/mol. The van der Waals surface area contributed by atoms with Crippen molar-refractivity contribution in [2.45, 2.75) is 12.8 Å². The molecule has 1 aliphatic heterocycles. The Bertz CT molecular complexity index is 571. The minimum Gasteiger partial charge on any atom is -0.462 e. The molecule has 0 bridgehead atoms. The Morgan fingerprint density at radius 2 is 2.30 bits per heavy atom. The lowest BCUT2D eigenvalue weighted by atomic mass is 9.98. The van der Waals surface area contributed by atoms with Crippen LogP contribution in [0.2, 0.25) is 0 Å². The molecular weight excluding hydrogens is 276 g/mol. The van der Waals surface area contributed by atoms with Gasteiger partial charge in [0.25, 0.3) is 5.91 Å². The van der Waals surface area contributed by atoms with Crippen molar-refractivity contribution in [3.63, 3.8) is 0 Å². The van der Waals surface area contributed by atoms with E-state index in [-0.39, 0.29) is 12.5 Å². The molecule has 0 spiro atoms. The summed E-state index contributed by atoms with van der Waals surface area (Å²) >= 11 is 1.41. The number of thiazole rings is 1. The van der Waals surface area contributed by atoms with Crippen LogP contribution in [0.5, 0.6) is 0 Å². The molecule has 3 heterocycles. The summed E-state index contributed by atoms with van der Waals surface area (Å²) in [5, 5.41) is 11.6. The van der Waals surface area contributed by atoms with Crippen LogP contribution in [0.1, 0.15) is 23.3 Å². The minimum absolute atomic E-state index is 0.0320. The zero-order valence-corrected chi connectivity index (χ0v) is 11.8. The highest BCUT2D eigenvalue weighted by atomic mass is 32.1. The van der Waals surface area contributed by atoms with Gasteiger partial charge in [0.2, 0.25) is 0 Å². The first-order chi connectivity index (χ1) is 9.78. The van der Waals surface area contributed by atoms with Crippen molar-refractivity contribution >= 4 is 17.2 Å². The first kappa shape index (κ1) is 13.3. The molecule has 106 valence electrons. The summed E-state index contributed by atoms with van der Waals surface area (Å²) in [6.07, 6.45) is 3.31. The molecule has 1 N–H and O–H groups in total. The van der Waals surface area contributed by atoms with Crippen LogP contribution in [-0.4, -0.2) is 40.6 Å². The van der Waals surface area contributed by atoms with Crippen LogP contribution in [0.4, 0.5) is 0 Å². The third kappa shape index (κ3) is 2.62. The van der Waals surface area contributed by atoms with Crippen LogP contribution in [0.25, 0.3) is 10.8 Å². The molecule has 2 aromatic heterocycles. The number of aliphatic hydroxyl groups is 1. The summed E-state index contributed by atoms with van der Waals surface area (Å²) < 4.78 is 5.28. The van der Waals surface area contributed by atoms with E-state index in [9.17, 15) is 4.79 Å². The molecule has 0 aliphatic carbocycles. The number of rotatable bonds is 3. The maximum absolute atomic E-state index is 12.4. The molecule has 6 heteroatoms. The lowest BCUT2D eigenvalue weighted by Gasteiger charge is -2.30. The van der Waals surface area contributed by atoms with Crippen LogP contribution in [0, 0.1) is 5.92 Å². The molecule has 3 rings (SSSR count). The van der Waals surface area contributed by atoms with Gasteiger partial charge in [0.15, 0.2) is 10.8 Å². The number of likely N-dealkylation sites (tertiary alicyclic amines) is 1. The average Bonchev–Trinajstić information content (AvgIpc) is 3.17. The first-order valence-electron chi connectivity index (χ1n) is 6.67. The largest absolute Gasteiger partial charge is 0.462 e. The third-order valence-corrected chi connectivity index (χ3v) is 4.47. The number of piperidine rings is 1. The second-order valence-electron chi connectivity index (χ2n) is 4.93. The predicted molar refractivity (Wildman–Crippen MR) is 75.5 cm³/mol. The smallest absolute Gasteiger partial charge is 0.273 e. The van der Waals surface area contributed by atoms with Gasteiger partial charge < -0.3 is 14.4 Å². The SMILES string of the molecule is O=C(c1csc(-c2ccco2)n1)N1CCC(CO)CC1. The summed E-state index contributed by atoms with van der Waals surface area (Å²) in [7, 11) is 0. The molecule has 2 aromatic rings. The summed E-state index contributed by atoms with van der Waals surface area (Å²) in [6.45, 7) is 1.59. The molecule has 0 radical (unpaired) electrons. The predicted octanol–water partition coefficient (Wildman–Crippen LogP) is 2.25. The summed E-state index contributed by atoms with van der Waals surface area (Å²) in [5.41, 5.74) is 0.476. The van der Waals surface area contributed by atoms with Gasteiger partial charge in [-0.25, -0.2) is 4.98 Å². The van der Waals surface area contributed by atoms with E-state index >= 15 is 0 Å². The van der Waals surface area contributed by atoms with Crippen molar-refractivity contribution < 1.29 is 14.3 Å². The number of furan rings is 1. The van der Waals surface area contributed by atoms with Crippen molar-refractivity contribution in [1.82, 2.24) is 9.88 Å². The van der Waals surface area contributed by atoms with E-state index in [0.717, 1.165) is 17.8 Å². The summed E-state index contributed by atoms with van der Waals surface area (Å²) in [5.74, 6) is 0.983. The fourth-order valence-corrected chi connectivity index (χ4v) is 3.13. The lowest BCUT2D eigenvalue weighted by Crippen LogP contribution is -2.39. The van der Waals surface area contributed by atoms with Gasteiger partial charge in [-0.1, -0.05) is 0 Å². The number of aromatic nitrogens is 1. The van der Waals surface area contributed by atoms with E-state index < -0.39 is 0 Å². The maximum atomic E-state index is 12.4. The molecular formula is C14H16N2O3S. The van der Waals surface area contributed by atoms with Crippen LogP contribution >= 0.6 is 11.3 Å². The van der Waals surface area contributed by atoms with Crippen LogP contribution < -0.4 is 0 Å². The Hall–Kier alpha value is -1.66. The van der Waals surface area contributed by atoms with Gasteiger partial charge in [0.1, 0.15) is 5.69 Å². The number of carbonyl (C=O) groups excluding carboxylic acids is 1. The zero-order chi connectivity index (χ0) is 13.9. The molecule has 1 fully saturated rings. The molecule has 20 heavy (non-hydrogen) atoms. The van der Waals surface area contributed by atoms with E-state index in [4.69, 9.17) is 9.52 Å². The van der Waals surface area contributed by atoms with E-state index in [2.05, 4.69) is 4.98 Å². The maximum Gasteiger partial charge on any atom is 0.273 e. The summed E-state index contributed by atoms with van der Waals surface area (Å²) in [4.78, 5) is 18.5. The molecule has 1 aliphatic rings. The quantitative estimate of drug-likeness (QED) is 0.942. The number of carbonyl (C=O) groups is 1. The first-order valence-corrected chi connectivity index (χ1v) is 7.55. The Kier molecular flexibility index (Phi) is 3.84. The highest BCUT2D eigenvalue weighted by molar-refractivity contribution is 7.13. The molecule has 0 atom stereocenters. The second kappa shape index (κ2) is 5.76. The van der Waals surface area contributed by atoms with Crippen LogP contribution in [0.3, 0.4) is 0 Å². The van der Waals surface area contributed by atoms with Gasteiger partial charge >= 0.3 is 0 Å². The number of nitrogens with zero attached hydrogens (tertiary/aromatic N) is 2. The lowest BCUT2D eigenvalue weighted by molar-refractivity contribution is 0.0646. The third-order valence-electron chi connectivity index (χ3n) is 3.62. The standard InChI is InChI=1S/C14H16N2O3S/c17-8-10-3-5-16(6-4-10)14(18)11-9-20-13(15-11)12-2-1-7-19-12/h1-2,7,9-10,17H,3-6,8H2. The Morgan fingerprint density at radius 3 is 2.95 bits per heavy atom. The van der Waals surface area contributed by atoms with Crippen molar-refractivity contribution in [3.05, 3.63) is 29.5 Å². The molecule has 1 saturated heterocycles. The van der Waals surface area contributed by atoms with Gasteiger partial charge in [0, 0.05) is 25.1 Å². The fourth-order valence-electron chi connectivity index (χ4n) is 2.37. The van der Waals surface area contributed by atoms with Crippen LogP contribution in [0.15, 0.2) is 28.2 Å². The average molecular weight is 292 g/mol. The van der Waals surface area contributed by atoms with Crippen molar-refractivity contribution in [3.8, 4) is 10.8 Å². The van der Waals surface area contributed by atoms with Gasteiger partial charge in [-0.15, -0.1) is 11.3 Å². The Balaban J connectivity index is 1.69. The van der Waals surface area contributed by atoms with Gasteiger partial charge in [-0.3, -0.25) is 4.79 Å². The molecule has 0 saturated carbocycles. The van der Waals surface area contributed by atoms with E-state index in [1.165, 1.54) is 11.3 Å².